The monoisotopic (exact) mass is 381 g/mol. The molecule has 1 aliphatic carbocycles. The van der Waals surface area contributed by atoms with E-state index in [9.17, 15) is 9.59 Å². The van der Waals surface area contributed by atoms with Crippen LogP contribution >= 0.6 is 11.3 Å². The Morgan fingerprint density at radius 1 is 1.22 bits per heavy atom. The summed E-state index contributed by atoms with van der Waals surface area (Å²) in [6.07, 6.45) is 1.11. The van der Waals surface area contributed by atoms with Gasteiger partial charge in [0.25, 0.3) is 5.91 Å². The lowest BCUT2D eigenvalue weighted by Crippen LogP contribution is -2.37. The van der Waals surface area contributed by atoms with Crippen LogP contribution in [0.25, 0.3) is 16.3 Å². The third kappa shape index (κ3) is 3.93. The summed E-state index contributed by atoms with van der Waals surface area (Å²) < 4.78 is 6.97. The average molecular weight is 381 g/mol. The molecule has 2 heterocycles. The van der Waals surface area contributed by atoms with E-state index >= 15 is 0 Å². The van der Waals surface area contributed by atoms with Crippen molar-refractivity contribution in [2.45, 2.75) is 31.9 Å². The van der Waals surface area contributed by atoms with Crippen LogP contribution in [-0.2, 0) is 9.53 Å². The van der Waals surface area contributed by atoms with Gasteiger partial charge >= 0.3 is 5.97 Å². The molecule has 6 nitrogen and oxygen atoms in total. The molecule has 1 saturated carbocycles. The summed E-state index contributed by atoms with van der Waals surface area (Å²) in [6.45, 7) is 1.58. The van der Waals surface area contributed by atoms with Gasteiger partial charge in [-0.05, 0) is 43.3 Å². The number of hydrogen-bond donors (Lipinski definition) is 1. The van der Waals surface area contributed by atoms with E-state index in [1.165, 1.54) is 0 Å². The zero-order chi connectivity index (χ0) is 18.8. The van der Waals surface area contributed by atoms with Crippen LogP contribution in [0, 0.1) is 0 Å². The highest BCUT2D eigenvalue weighted by Crippen LogP contribution is 2.26. The second-order valence-electron chi connectivity index (χ2n) is 6.47. The quantitative estimate of drug-likeness (QED) is 0.664. The van der Waals surface area contributed by atoms with E-state index < -0.39 is 12.1 Å². The summed E-state index contributed by atoms with van der Waals surface area (Å²) in [6, 6.07) is 15.2. The fraction of sp³-hybridized carbons (Fsp3) is 0.250. The molecule has 27 heavy (non-hydrogen) atoms. The maximum Gasteiger partial charge on any atom is 0.357 e. The van der Waals surface area contributed by atoms with Gasteiger partial charge in [-0.15, -0.1) is 11.3 Å². The molecule has 2 aromatic heterocycles. The van der Waals surface area contributed by atoms with Gasteiger partial charge in [0.15, 0.2) is 11.8 Å². The van der Waals surface area contributed by atoms with Gasteiger partial charge in [-0.3, -0.25) is 4.79 Å². The van der Waals surface area contributed by atoms with Crippen LogP contribution in [0.15, 0.2) is 53.9 Å². The molecule has 1 N–H and O–H groups in total. The van der Waals surface area contributed by atoms with Crippen molar-refractivity contribution in [2.75, 3.05) is 0 Å². The van der Waals surface area contributed by atoms with Crippen LogP contribution in [0.3, 0.4) is 0 Å². The smallest absolute Gasteiger partial charge is 0.357 e. The van der Waals surface area contributed by atoms with Crippen LogP contribution < -0.4 is 5.32 Å². The van der Waals surface area contributed by atoms with Gasteiger partial charge in [-0.25, -0.2) is 9.48 Å². The third-order valence-corrected chi connectivity index (χ3v) is 5.16. The lowest BCUT2D eigenvalue weighted by atomic mass is 10.3. The molecular weight excluding hydrogens is 362 g/mol. The van der Waals surface area contributed by atoms with Crippen molar-refractivity contribution in [1.82, 2.24) is 15.1 Å². The fourth-order valence-electron chi connectivity index (χ4n) is 2.66. The molecule has 0 spiro atoms. The summed E-state index contributed by atoms with van der Waals surface area (Å²) in [4.78, 5) is 25.8. The highest BCUT2D eigenvalue weighted by Gasteiger charge is 2.28. The second-order valence-corrected chi connectivity index (χ2v) is 7.42. The zero-order valence-electron chi connectivity index (χ0n) is 14.8. The largest absolute Gasteiger partial charge is 0.448 e. The molecule has 1 fully saturated rings. The number of carbonyl (C=O) groups excluding carboxylic acids is 2. The maximum absolute atomic E-state index is 12.8. The van der Waals surface area contributed by atoms with Crippen molar-refractivity contribution in [3.8, 4) is 16.3 Å². The summed E-state index contributed by atoms with van der Waals surface area (Å²) in [5.74, 6) is -0.845. The Kier molecular flexibility index (Phi) is 4.77. The molecular formula is C20H19N3O3S. The molecule has 0 saturated heterocycles. The summed E-state index contributed by atoms with van der Waals surface area (Å²) >= 11 is 1.55. The van der Waals surface area contributed by atoms with Gasteiger partial charge in [-0.2, -0.15) is 5.10 Å². The van der Waals surface area contributed by atoms with Crippen LogP contribution in [-0.4, -0.2) is 33.8 Å². The highest BCUT2D eigenvalue weighted by atomic mass is 32.1. The van der Waals surface area contributed by atoms with Crippen molar-refractivity contribution in [1.29, 1.82) is 0 Å². The Balaban J connectivity index is 1.61. The van der Waals surface area contributed by atoms with Gasteiger partial charge in [0, 0.05) is 12.1 Å². The van der Waals surface area contributed by atoms with Crippen molar-refractivity contribution in [3.05, 3.63) is 59.6 Å². The molecule has 0 aliphatic heterocycles. The fourth-order valence-corrected chi connectivity index (χ4v) is 3.34. The first-order valence-corrected chi connectivity index (χ1v) is 9.70. The van der Waals surface area contributed by atoms with Crippen molar-refractivity contribution < 1.29 is 14.3 Å². The minimum absolute atomic E-state index is 0.221. The van der Waals surface area contributed by atoms with Gasteiger partial charge in [0.2, 0.25) is 0 Å². The van der Waals surface area contributed by atoms with E-state index in [-0.39, 0.29) is 17.6 Å². The van der Waals surface area contributed by atoms with E-state index in [2.05, 4.69) is 10.4 Å². The molecule has 7 heteroatoms. The van der Waals surface area contributed by atoms with Crippen LogP contribution in [0.5, 0.6) is 0 Å². The minimum Gasteiger partial charge on any atom is -0.448 e. The standard InChI is InChI=1S/C20H19N3O3S/c1-13(19(24)21-14-9-10-14)26-20(25)17-12-16(18-8-5-11-27-18)22-23(17)15-6-3-2-4-7-15/h2-8,11-14H,9-10H2,1H3,(H,21,24)/t13-/m1/s1. The van der Waals surface area contributed by atoms with Gasteiger partial charge < -0.3 is 10.1 Å². The predicted octanol–water partition coefficient (Wildman–Crippen LogP) is 3.42. The normalized spacial score (nSPS) is 14.6. The van der Waals surface area contributed by atoms with Gasteiger partial charge in [0.1, 0.15) is 5.69 Å². The van der Waals surface area contributed by atoms with E-state index in [1.807, 2.05) is 47.8 Å². The number of amides is 1. The third-order valence-electron chi connectivity index (χ3n) is 4.27. The number of nitrogens with zero attached hydrogens (tertiary/aromatic N) is 2. The number of para-hydroxylation sites is 1. The second kappa shape index (κ2) is 7.36. The Morgan fingerprint density at radius 3 is 2.67 bits per heavy atom. The summed E-state index contributed by atoms with van der Waals surface area (Å²) in [5, 5.41) is 9.39. The van der Waals surface area contributed by atoms with E-state index in [0.29, 0.717) is 5.69 Å². The SMILES string of the molecule is C[C@@H](OC(=O)c1cc(-c2cccs2)nn1-c1ccccc1)C(=O)NC1CC1. The number of esters is 1. The van der Waals surface area contributed by atoms with E-state index in [0.717, 1.165) is 23.4 Å². The molecule has 0 unspecified atom stereocenters. The number of aromatic nitrogens is 2. The molecule has 0 bridgehead atoms. The predicted molar refractivity (Wildman–Crippen MR) is 103 cm³/mol. The molecule has 1 aliphatic rings. The number of benzene rings is 1. The first kappa shape index (κ1) is 17.5. The lowest BCUT2D eigenvalue weighted by Gasteiger charge is -2.13. The molecule has 4 rings (SSSR count). The van der Waals surface area contributed by atoms with E-state index in [1.54, 1.807) is 29.0 Å². The summed E-state index contributed by atoms with van der Waals surface area (Å²) in [7, 11) is 0. The Bertz CT molecular complexity index is 946. The molecule has 1 aromatic carbocycles. The Hall–Kier alpha value is -2.93. The van der Waals surface area contributed by atoms with Crippen molar-refractivity contribution >= 4 is 23.2 Å². The molecule has 0 radical (unpaired) electrons. The Labute approximate surface area is 160 Å². The average Bonchev–Trinajstić information content (AvgIpc) is 3.15. The zero-order valence-corrected chi connectivity index (χ0v) is 15.6. The van der Waals surface area contributed by atoms with Crippen LogP contribution in [0.4, 0.5) is 0 Å². The number of thiophene rings is 1. The highest BCUT2D eigenvalue weighted by molar-refractivity contribution is 7.13. The number of hydrogen-bond acceptors (Lipinski definition) is 5. The lowest BCUT2D eigenvalue weighted by molar-refractivity contribution is -0.129. The minimum atomic E-state index is -0.859. The Morgan fingerprint density at radius 2 is 2.00 bits per heavy atom. The molecule has 1 atom stereocenters. The maximum atomic E-state index is 12.8. The molecule has 138 valence electrons. The first-order chi connectivity index (χ1) is 13.1. The van der Waals surface area contributed by atoms with Crippen molar-refractivity contribution in [2.24, 2.45) is 0 Å². The van der Waals surface area contributed by atoms with Crippen molar-refractivity contribution in [3.63, 3.8) is 0 Å². The number of nitrogens with one attached hydrogen (secondary N) is 1. The van der Waals surface area contributed by atoms with Gasteiger partial charge in [0.05, 0.1) is 10.6 Å². The first-order valence-electron chi connectivity index (χ1n) is 8.82. The van der Waals surface area contributed by atoms with Crippen LogP contribution in [0.2, 0.25) is 0 Å². The van der Waals surface area contributed by atoms with Crippen LogP contribution in [0.1, 0.15) is 30.3 Å². The number of ether oxygens (including phenoxy) is 1. The summed E-state index contributed by atoms with van der Waals surface area (Å²) in [5.41, 5.74) is 1.73. The molecule has 1 amide bonds. The van der Waals surface area contributed by atoms with E-state index in [4.69, 9.17) is 4.74 Å². The topological polar surface area (TPSA) is 73.2 Å². The number of rotatable bonds is 6. The van der Waals surface area contributed by atoms with Gasteiger partial charge in [-0.1, -0.05) is 24.3 Å². The molecule has 3 aromatic rings. The number of carbonyl (C=O) groups is 2.